The molecule has 9 heteroatoms. The van der Waals surface area contributed by atoms with Crippen LogP contribution in [0.2, 0.25) is 0 Å². The summed E-state index contributed by atoms with van der Waals surface area (Å²) in [6.45, 7) is 9.04. The van der Waals surface area contributed by atoms with Crippen molar-refractivity contribution in [1.29, 1.82) is 0 Å². The Balaban J connectivity index is 1.51. The van der Waals surface area contributed by atoms with Gasteiger partial charge in [-0.15, -0.1) is 16.4 Å². The molecule has 0 saturated carbocycles. The molecule has 184 valence electrons. The van der Waals surface area contributed by atoms with Crippen molar-refractivity contribution in [3.63, 3.8) is 0 Å². The Morgan fingerprint density at radius 2 is 2.14 bits per heavy atom. The van der Waals surface area contributed by atoms with Gasteiger partial charge in [0.1, 0.15) is 0 Å². The maximum absolute atomic E-state index is 13.1. The normalized spacial score (nSPS) is 17.1. The van der Waals surface area contributed by atoms with Crippen molar-refractivity contribution >= 4 is 22.2 Å². The lowest BCUT2D eigenvalue weighted by molar-refractivity contribution is 0.0853. The number of ether oxygens (including phenoxy) is 1. The van der Waals surface area contributed by atoms with Crippen LogP contribution in [0, 0.1) is 12.8 Å². The van der Waals surface area contributed by atoms with Crippen LogP contribution in [0.25, 0.3) is 10.9 Å². The van der Waals surface area contributed by atoms with Crippen molar-refractivity contribution in [3.05, 3.63) is 74.0 Å². The SMILES string of the molecule is Cc1ccc2cc(CN(Cc3cccs3)[C@@H](c3nnnn3C[C@H]3CCCO3)C(C)C)c(=O)[nH]c2c1. The van der Waals surface area contributed by atoms with Gasteiger partial charge in [0.15, 0.2) is 5.82 Å². The van der Waals surface area contributed by atoms with Gasteiger partial charge in [0, 0.05) is 35.7 Å². The molecule has 1 N–H and O–H groups in total. The zero-order valence-electron chi connectivity index (χ0n) is 20.5. The fourth-order valence-corrected chi connectivity index (χ4v) is 5.70. The summed E-state index contributed by atoms with van der Waals surface area (Å²) < 4.78 is 7.75. The molecule has 4 aromatic rings. The van der Waals surface area contributed by atoms with Crippen molar-refractivity contribution in [2.24, 2.45) is 5.92 Å². The number of nitrogens with one attached hydrogen (secondary N) is 1. The molecule has 35 heavy (non-hydrogen) atoms. The van der Waals surface area contributed by atoms with Crippen molar-refractivity contribution in [2.75, 3.05) is 6.61 Å². The van der Waals surface area contributed by atoms with Gasteiger partial charge in [-0.2, -0.15) is 0 Å². The molecule has 5 rings (SSSR count). The summed E-state index contributed by atoms with van der Waals surface area (Å²) in [4.78, 5) is 19.8. The highest BCUT2D eigenvalue weighted by atomic mass is 32.1. The lowest BCUT2D eigenvalue weighted by Gasteiger charge is -2.33. The van der Waals surface area contributed by atoms with Crippen molar-refractivity contribution in [2.45, 2.75) is 65.4 Å². The summed E-state index contributed by atoms with van der Waals surface area (Å²) in [7, 11) is 0. The van der Waals surface area contributed by atoms with Crippen LogP contribution in [0.15, 0.2) is 46.6 Å². The monoisotopic (exact) mass is 492 g/mol. The summed E-state index contributed by atoms with van der Waals surface area (Å²) in [6, 6.07) is 12.3. The highest BCUT2D eigenvalue weighted by Crippen LogP contribution is 2.31. The molecule has 1 aromatic carbocycles. The predicted octanol–water partition coefficient (Wildman–Crippen LogP) is 4.46. The molecule has 0 unspecified atom stereocenters. The number of fused-ring (bicyclic) bond motifs is 1. The summed E-state index contributed by atoms with van der Waals surface area (Å²) in [6.07, 6.45) is 2.24. The van der Waals surface area contributed by atoms with E-state index in [0.29, 0.717) is 19.6 Å². The molecule has 1 fully saturated rings. The third-order valence-corrected chi connectivity index (χ3v) is 7.50. The van der Waals surface area contributed by atoms with Gasteiger partial charge in [-0.25, -0.2) is 4.68 Å². The van der Waals surface area contributed by atoms with Crippen LogP contribution in [-0.4, -0.2) is 42.8 Å². The Hall–Kier alpha value is -2.88. The first-order valence-electron chi connectivity index (χ1n) is 12.2. The maximum atomic E-state index is 13.1. The van der Waals surface area contributed by atoms with Crippen LogP contribution in [0.1, 0.15) is 54.6 Å². The first-order chi connectivity index (χ1) is 17.0. The average Bonchev–Trinajstić information content (AvgIpc) is 3.59. The first kappa shape index (κ1) is 23.8. The van der Waals surface area contributed by atoms with Crippen molar-refractivity contribution < 1.29 is 4.74 Å². The lowest BCUT2D eigenvalue weighted by atomic mass is 10.00. The van der Waals surface area contributed by atoms with Gasteiger partial charge in [-0.1, -0.05) is 32.0 Å². The van der Waals surface area contributed by atoms with E-state index in [1.165, 1.54) is 4.88 Å². The molecule has 0 aliphatic carbocycles. The number of pyridine rings is 1. The highest BCUT2D eigenvalue weighted by molar-refractivity contribution is 7.09. The van der Waals surface area contributed by atoms with E-state index >= 15 is 0 Å². The topological polar surface area (TPSA) is 88.9 Å². The second kappa shape index (κ2) is 10.4. The predicted molar refractivity (Wildman–Crippen MR) is 137 cm³/mol. The van der Waals surface area contributed by atoms with E-state index in [1.807, 2.05) is 23.7 Å². The van der Waals surface area contributed by atoms with Crippen LogP contribution in [0.4, 0.5) is 0 Å². The number of aryl methyl sites for hydroxylation is 1. The van der Waals surface area contributed by atoms with E-state index in [1.54, 1.807) is 11.3 Å². The minimum absolute atomic E-state index is 0.0549. The quantitative estimate of drug-likeness (QED) is 0.371. The summed E-state index contributed by atoms with van der Waals surface area (Å²) >= 11 is 1.72. The molecule has 4 heterocycles. The number of tetrazole rings is 1. The van der Waals surface area contributed by atoms with Crippen LogP contribution >= 0.6 is 11.3 Å². The van der Waals surface area contributed by atoms with Crippen LogP contribution in [0.5, 0.6) is 0 Å². The van der Waals surface area contributed by atoms with Gasteiger partial charge in [-0.05, 0) is 70.6 Å². The average molecular weight is 493 g/mol. The van der Waals surface area contributed by atoms with Crippen LogP contribution in [0.3, 0.4) is 0 Å². The number of thiophene rings is 1. The smallest absolute Gasteiger partial charge is 0.252 e. The van der Waals surface area contributed by atoms with E-state index in [2.05, 4.69) is 68.9 Å². The second-order valence-corrected chi connectivity index (χ2v) is 10.8. The van der Waals surface area contributed by atoms with Gasteiger partial charge in [-0.3, -0.25) is 9.69 Å². The molecule has 0 bridgehead atoms. The standard InChI is InChI=1S/C26H32N6O2S/c1-17(2)24(25-28-29-30-32(25)15-21-6-4-10-34-21)31(16-22-7-5-11-35-22)14-20-13-19-9-8-18(3)12-23(19)27-26(20)33/h5,7-9,11-13,17,21,24H,4,6,10,14-16H2,1-3H3,(H,27,33)/t21-,24-/m1/s1. The molecule has 3 aromatic heterocycles. The molecule has 1 aliphatic rings. The van der Waals surface area contributed by atoms with E-state index in [4.69, 9.17) is 4.74 Å². The molecular weight excluding hydrogens is 460 g/mol. The molecule has 2 atom stereocenters. The van der Waals surface area contributed by atoms with E-state index in [-0.39, 0.29) is 23.6 Å². The summed E-state index contributed by atoms with van der Waals surface area (Å²) in [5, 5.41) is 16.0. The third-order valence-electron chi connectivity index (χ3n) is 6.64. The minimum atomic E-state index is -0.0679. The summed E-state index contributed by atoms with van der Waals surface area (Å²) in [5.41, 5.74) is 2.67. The van der Waals surface area contributed by atoms with Gasteiger partial charge in [0.05, 0.1) is 18.7 Å². The molecule has 1 aliphatic heterocycles. The highest BCUT2D eigenvalue weighted by Gasteiger charge is 2.31. The maximum Gasteiger partial charge on any atom is 0.252 e. The minimum Gasteiger partial charge on any atom is -0.376 e. The molecule has 8 nitrogen and oxygen atoms in total. The number of aromatic nitrogens is 5. The number of hydrogen-bond donors (Lipinski definition) is 1. The Bertz CT molecular complexity index is 1320. The number of H-pyrrole nitrogens is 1. The molecular formula is C26H32N6O2S. The third kappa shape index (κ3) is 5.37. The van der Waals surface area contributed by atoms with Gasteiger partial charge in [0.2, 0.25) is 0 Å². The Kier molecular flexibility index (Phi) is 7.08. The summed E-state index contributed by atoms with van der Waals surface area (Å²) in [5.74, 6) is 1.05. The van der Waals surface area contributed by atoms with Crippen molar-refractivity contribution in [1.82, 2.24) is 30.1 Å². The molecule has 0 radical (unpaired) electrons. The van der Waals surface area contributed by atoms with E-state index in [9.17, 15) is 4.79 Å². The zero-order chi connectivity index (χ0) is 24.4. The van der Waals surface area contributed by atoms with Crippen molar-refractivity contribution in [3.8, 4) is 0 Å². The van der Waals surface area contributed by atoms with Gasteiger partial charge in [0.25, 0.3) is 5.56 Å². The molecule has 0 amide bonds. The van der Waals surface area contributed by atoms with E-state index < -0.39 is 0 Å². The Morgan fingerprint density at radius 3 is 2.89 bits per heavy atom. The lowest BCUT2D eigenvalue weighted by Crippen LogP contribution is -2.35. The van der Waals surface area contributed by atoms with Crippen LogP contribution in [-0.2, 0) is 24.4 Å². The number of rotatable bonds is 9. The fourth-order valence-electron chi connectivity index (χ4n) is 4.97. The van der Waals surface area contributed by atoms with Gasteiger partial charge >= 0.3 is 0 Å². The Labute approximate surface area is 208 Å². The Morgan fingerprint density at radius 1 is 1.26 bits per heavy atom. The first-order valence-corrected chi connectivity index (χ1v) is 13.1. The fraction of sp³-hybridized carbons (Fsp3) is 0.462. The van der Waals surface area contributed by atoms with E-state index in [0.717, 1.165) is 47.3 Å². The number of nitrogens with zero attached hydrogens (tertiary/aromatic N) is 5. The van der Waals surface area contributed by atoms with Crippen LogP contribution < -0.4 is 5.56 Å². The largest absolute Gasteiger partial charge is 0.376 e. The number of hydrogen-bond acceptors (Lipinski definition) is 7. The number of benzene rings is 1. The molecule has 1 saturated heterocycles. The zero-order valence-corrected chi connectivity index (χ0v) is 21.3. The number of aromatic amines is 1. The van der Waals surface area contributed by atoms with Gasteiger partial charge < -0.3 is 9.72 Å². The molecule has 0 spiro atoms. The second-order valence-electron chi connectivity index (χ2n) is 9.74.